The van der Waals surface area contributed by atoms with E-state index >= 15 is 0 Å². The van der Waals surface area contributed by atoms with Gasteiger partial charge in [0.2, 0.25) is 21.8 Å². The molecule has 1 unspecified atom stereocenters. The van der Waals surface area contributed by atoms with Crippen molar-refractivity contribution in [2.45, 2.75) is 44.2 Å². The maximum Gasteiger partial charge on any atom is 0.242 e. The summed E-state index contributed by atoms with van der Waals surface area (Å²) in [6, 6.07) is 13.3. The van der Waals surface area contributed by atoms with Gasteiger partial charge in [-0.25, -0.2) is 13.1 Å². The Bertz CT molecular complexity index is 1170. The van der Waals surface area contributed by atoms with Crippen LogP contribution in [0.4, 0.5) is 0 Å². The molecule has 1 atom stereocenters. The highest BCUT2D eigenvalue weighted by molar-refractivity contribution is 7.89. The van der Waals surface area contributed by atoms with Crippen LogP contribution in [0.25, 0.3) is 0 Å². The van der Waals surface area contributed by atoms with Gasteiger partial charge in [0.15, 0.2) is 0 Å². The predicted octanol–water partition coefficient (Wildman–Crippen LogP) is 1.79. The number of nitrogens with one attached hydrogen (secondary N) is 2. The van der Waals surface area contributed by atoms with Gasteiger partial charge >= 0.3 is 0 Å². The Balaban J connectivity index is 1.64. The first-order valence-electron chi connectivity index (χ1n) is 13.3. The van der Waals surface area contributed by atoms with Crippen LogP contribution in [0.15, 0.2) is 53.4 Å². The minimum atomic E-state index is -3.54. The van der Waals surface area contributed by atoms with Crippen LogP contribution in [0.5, 0.6) is 5.75 Å². The van der Waals surface area contributed by atoms with E-state index in [-0.39, 0.29) is 29.7 Å². The fourth-order valence-corrected chi connectivity index (χ4v) is 5.36. The van der Waals surface area contributed by atoms with Gasteiger partial charge in [-0.3, -0.25) is 14.5 Å². The molecule has 0 bridgehead atoms. The molecule has 39 heavy (non-hydrogen) atoms. The summed E-state index contributed by atoms with van der Waals surface area (Å²) < 4.78 is 37.5. The summed E-state index contributed by atoms with van der Waals surface area (Å²) in [5.41, 5.74) is 1.72. The Morgan fingerprint density at radius 1 is 1.05 bits per heavy atom. The average molecular weight is 561 g/mol. The molecule has 0 saturated carbocycles. The van der Waals surface area contributed by atoms with Gasteiger partial charge in [-0.2, -0.15) is 0 Å². The zero-order valence-corrected chi connectivity index (χ0v) is 23.8. The van der Waals surface area contributed by atoms with Crippen molar-refractivity contribution in [1.29, 1.82) is 0 Å². The van der Waals surface area contributed by atoms with Crippen LogP contribution in [0.2, 0.25) is 0 Å². The zero-order valence-electron chi connectivity index (χ0n) is 23.0. The highest BCUT2D eigenvalue weighted by Gasteiger charge is 2.26. The molecule has 2 aromatic carbocycles. The molecule has 1 aliphatic heterocycles. The lowest BCUT2D eigenvalue weighted by atomic mass is 10.1. The number of rotatable bonds is 14. The van der Waals surface area contributed by atoms with Gasteiger partial charge in [-0.15, -0.1) is 0 Å². The molecule has 2 N–H and O–H groups in total. The number of nitrogens with zero attached hydrogens (tertiary/aromatic N) is 2. The Morgan fingerprint density at radius 2 is 1.69 bits per heavy atom. The molecule has 2 amide bonds. The van der Waals surface area contributed by atoms with Gasteiger partial charge in [0.25, 0.3) is 0 Å². The molecule has 0 aromatic heterocycles. The number of sulfonamides is 1. The van der Waals surface area contributed by atoms with Crippen LogP contribution in [-0.4, -0.2) is 89.1 Å². The van der Waals surface area contributed by atoms with Gasteiger partial charge in [0.1, 0.15) is 11.8 Å². The molecule has 1 heterocycles. The minimum Gasteiger partial charge on any atom is -0.497 e. The lowest BCUT2D eigenvalue weighted by Crippen LogP contribution is -2.49. The van der Waals surface area contributed by atoms with E-state index in [0.717, 1.165) is 30.8 Å². The van der Waals surface area contributed by atoms with Crippen LogP contribution >= 0.6 is 0 Å². The predicted molar refractivity (Wildman–Crippen MR) is 149 cm³/mol. The third-order valence-electron chi connectivity index (χ3n) is 6.71. The van der Waals surface area contributed by atoms with E-state index in [2.05, 4.69) is 14.9 Å². The van der Waals surface area contributed by atoms with E-state index in [1.807, 2.05) is 24.3 Å². The topological polar surface area (TPSA) is 117 Å². The Labute approximate surface area is 231 Å². The van der Waals surface area contributed by atoms with Crippen molar-refractivity contribution in [3.63, 3.8) is 0 Å². The van der Waals surface area contributed by atoms with Crippen LogP contribution in [0.3, 0.4) is 0 Å². The number of hydrogen-bond acceptors (Lipinski definition) is 7. The summed E-state index contributed by atoms with van der Waals surface area (Å²) in [5.74, 6) is 0.347. The van der Waals surface area contributed by atoms with Crippen molar-refractivity contribution in [3.05, 3.63) is 59.7 Å². The van der Waals surface area contributed by atoms with E-state index in [1.165, 1.54) is 12.1 Å². The monoisotopic (exact) mass is 560 g/mol. The molecule has 1 fully saturated rings. The molecule has 2 aromatic rings. The van der Waals surface area contributed by atoms with Gasteiger partial charge in [-0.1, -0.05) is 31.2 Å². The van der Waals surface area contributed by atoms with Crippen LogP contribution < -0.4 is 14.8 Å². The molecule has 1 saturated heterocycles. The van der Waals surface area contributed by atoms with Crippen molar-refractivity contribution in [1.82, 2.24) is 19.8 Å². The van der Waals surface area contributed by atoms with E-state index in [1.54, 1.807) is 38.0 Å². The number of methoxy groups -OCH3 is 1. The second-order valence-corrected chi connectivity index (χ2v) is 11.2. The molecule has 214 valence electrons. The molecule has 11 heteroatoms. The van der Waals surface area contributed by atoms with Gasteiger partial charge in [0.05, 0.1) is 25.2 Å². The number of ether oxygens (including phenoxy) is 2. The number of amides is 2. The Kier molecular flexibility index (Phi) is 11.7. The smallest absolute Gasteiger partial charge is 0.242 e. The van der Waals surface area contributed by atoms with E-state index in [4.69, 9.17) is 9.47 Å². The number of aryl methyl sites for hydroxylation is 1. The van der Waals surface area contributed by atoms with E-state index in [9.17, 15) is 18.0 Å². The van der Waals surface area contributed by atoms with Crippen molar-refractivity contribution < 1.29 is 27.5 Å². The van der Waals surface area contributed by atoms with Crippen molar-refractivity contribution in [2.75, 3.05) is 53.0 Å². The fourth-order valence-electron chi connectivity index (χ4n) is 4.32. The summed E-state index contributed by atoms with van der Waals surface area (Å²) in [4.78, 5) is 30.5. The maximum atomic E-state index is 13.4. The number of carbonyl (C=O) groups excluding carboxylic acids is 2. The average Bonchev–Trinajstić information content (AvgIpc) is 2.95. The van der Waals surface area contributed by atoms with Crippen LogP contribution in [-0.2, 0) is 37.3 Å². The minimum absolute atomic E-state index is 0.161. The molecule has 0 spiro atoms. The first-order chi connectivity index (χ1) is 18.7. The van der Waals surface area contributed by atoms with Gasteiger partial charge < -0.3 is 19.7 Å². The van der Waals surface area contributed by atoms with Gasteiger partial charge in [-0.05, 0) is 48.7 Å². The van der Waals surface area contributed by atoms with E-state index in [0.29, 0.717) is 38.5 Å². The highest BCUT2D eigenvalue weighted by Crippen LogP contribution is 2.17. The fraction of sp³-hybridized carbons (Fsp3) is 0.500. The van der Waals surface area contributed by atoms with Crippen LogP contribution in [0.1, 0.15) is 31.4 Å². The number of morpholine rings is 1. The van der Waals surface area contributed by atoms with Crippen LogP contribution in [0, 0.1) is 0 Å². The van der Waals surface area contributed by atoms with Crippen molar-refractivity contribution >= 4 is 21.8 Å². The highest BCUT2D eigenvalue weighted by atomic mass is 32.2. The standard InChI is InChI=1S/C28H40N4O6S/c1-4-30-39(35,36)26-12-7-23(8-13-26)9-14-27(33)32(21-24-5-10-25(37-3)11-6-24)22(2)28(34)29-15-16-31-17-19-38-20-18-31/h5-8,10-13,22,30H,4,9,14-21H2,1-3H3,(H,29,34). The molecule has 1 aliphatic rings. The quantitative estimate of drug-likeness (QED) is 0.362. The number of carbonyl (C=O) groups is 2. The number of hydrogen-bond donors (Lipinski definition) is 2. The second kappa shape index (κ2) is 15.0. The van der Waals surface area contributed by atoms with Crippen molar-refractivity contribution in [3.8, 4) is 5.75 Å². The molecular formula is C28H40N4O6S. The SMILES string of the molecule is CCNS(=O)(=O)c1ccc(CCC(=O)N(Cc2ccc(OC)cc2)C(C)C(=O)NCCN2CCOCC2)cc1. The summed E-state index contributed by atoms with van der Waals surface area (Å²) in [6.45, 7) is 8.36. The second-order valence-electron chi connectivity index (χ2n) is 9.44. The third kappa shape index (κ3) is 9.31. The summed E-state index contributed by atoms with van der Waals surface area (Å²) >= 11 is 0. The zero-order chi connectivity index (χ0) is 28.3. The van der Waals surface area contributed by atoms with Gasteiger partial charge in [0, 0.05) is 45.7 Å². The first kappa shape index (κ1) is 30.6. The van der Waals surface area contributed by atoms with Crippen molar-refractivity contribution in [2.24, 2.45) is 0 Å². The summed E-state index contributed by atoms with van der Waals surface area (Å²) in [6.07, 6.45) is 0.603. The lowest BCUT2D eigenvalue weighted by molar-refractivity contribution is -0.140. The Morgan fingerprint density at radius 3 is 2.31 bits per heavy atom. The normalized spacial score (nSPS) is 14.9. The molecule has 3 rings (SSSR count). The molecule has 0 radical (unpaired) electrons. The lowest BCUT2D eigenvalue weighted by Gasteiger charge is -2.30. The van der Waals surface area contributed by atoms with E-state index < -0.39 is 16.1 Å². The first-order valence-corrected chi connectivity index (χ1v) is 14.8. The third-order valence-corrected chi connectivity index (χ3v) is 8.27. The molecule has 0 aliphatic carbocycles. The largest absolute Gasteiger partial charge is 0.497 e. The summed E-state index contributed by atoms with van der Waals surface area (Å²) in [5, 5.41) is 2.98. The molecule has 10 nitrogen and oxygen atoms in total. The maximum absolute atomic E-state index is 13.4. The number of benzene rings is 2. The summed E-state index contributed by atoms with van der Waals surface area (Å²) in [7, 11) is -1.94. The molecular weight excluding hydrogens is 520 g/mol. The Hall–Kier alpha value is -2.99.